The van der Waals surface area contributed by atoms with E-state index in [0.29, 0.717) is 53.9 Å². The van der Waals surface area contributed by atoms with E-state index >= 15 is 0 Å². The van der Waals surface area contributed by atoms with Gasteiger partial charge in [-0.05, 0) is 69.5 Å². The van der Waals surface area contributed by atoms with Crippen LogP contribution in [0.15, 0.2) is 36.4 Å². The summed E-state index contributed by atoms with van der Waals surface area (Å²) in [6.07, 6.45) is -0.416. The van der Waals surface area contributed by atoms with Gasteiger partial charge >= 0.3 is 6.18 Å². The molecule has 13 heteroatoms. The first-order valence-corrected chi connectivity index (χ1v) is 14.1. The summed E-state index contributed by atoms with van der Waals surface area (Å²) in [6.45, 7) is 6.07. The number of halogens is 3. The van der Waals surface area contributed by atoms with Crippen LogP contribution < -0.4 is 15.4 Å². The smallest absolute Gasteiger partial charge is 0.416 e. The summed E-state index contributed by atoms with van der Waals surface area (Å²) < 4.78 is 46.2. The molecule has 0 spiro atoms. The highest BCUT2D eigenvalue weighted by Crippen LogP contribution is 2.38. The molecular formula is C30H33F3N6O4. The van der Waals surface area contributed by atoms with Crippen molar-refractivity contribution in [3.8, 4) is 5.75 Å². The van der Waals surface area contributed by atoms with E-state index < -0.39 is 28.4 Å². The molecule has 3 aromatic rings. The summed E-state index contributed by atoms with van der Waals surface area (Å²) >= 11 is 0. The molecular weight excluding hydrogens is 565 g/mol. The zero-order chi connectivity index (χ0) is 30.9. The van der Waals surface area contributed by atoms with E-state index in [1.165, 1.54) is 0 Å². The average molecular weight is 599 g/mol. The zero-order valence-electron chi connectivity index (χ0n) is 24.1. The largest absolute Gasteiger partial charge is 0.496 e. The Balaban J connectivity index is 1.47. The molecule has 0 aliphatic carbocycles. The quantitative estimate of drug-likeness (QED) is 0.264. The van der Waals surface area contributed by atoms with E-state index in [4.69, 9.17) is 4.74 Å². The number of nitrogens with zero attached hydrogens (tertiary/aromatic N) is 4. The number of ether oxygens (including phenoxy) is 1. The Morgan fingerprint density at radius 2 is 1.93 bits per heavy atom. The topological polar surface area (TPSA) is 123 Å². The number of hydrogen-bond donors (Lipinski definition) is 2. The van der Waals surface area contributed by atoms with Gasteiger partial charge in [0.15, 0.2) is 0 Å². The molecule has 5 rings (SSSR count). The molecule has 0 bridgehead atoms. The second-order valence-corrected chi connectivity index (χ2v) is 10.9. The Hall–Kier alpha value is -4.26. The number of hydrogen-bond acceptors (Lipinski definition) is 8. The molecule has 1 aromatic heterocycles. The number of rotatable bonds is 7. The molecule has 1 saturated heterocycles. The predicted octanol–water partition coefficient (Wildman–Crippen LogP) is 5.66. The first kappa shape index (κ1) is 30.2. The number of alkyl halides is 3. The number of nitro groups is 1. The predicted molar refractivity (Wildman–Crippen MR) is 156 cm³/mol. The average Bonchev–Trinajstić information content (AvgIpc) is 2.99. The molecule has 2 N–H and O–H groups in total. The molecule has 1 amide bonds. The Morgan fingerprint density at radius 3 is 2.56 bits per heavy atom. The standard InChI is InChI=1S/C30H33F3N6O4/c1-17(21-12-22(30(31,32)33)14-23(13-21)39(41)42)35-28-25-15-24(27(43-3)16-26(25)36-18(2)37-28)19-6-10-38(11-7-19)29(40)20-4-8-34-9-5-20/h6,12-17,20,34H,4-5,7-11H2,1-3H3,(H,35,36,37)/t17-/m1/s1. The highest BCUT2D eigenvalue weighted by Gasteiger charge is 2.33. The van der Waals surface area contributed by atoms with Crippen LogP contribution in [-0.4, -0.2) is 59.0 Å². The number of amides is 1. The van der Waals surface area contributed by atoms with Crippen LogP contribution in [0, 0.1) is 23.0 Å². The van der Waals surface area contributed by atoms with E-state index in [-0.39, 0.29) is 17.4 Å². The molecule has 10 nitrogen and oxygen atoms in total. The van der Waals surface area contributed by atoms with Gasteiger partial charge in [-0.2, -0.15) is 13.2 Å². The van der Waals surface area contributed by atoms with Crippen molar-refractivity contribution in [1.82, 2.24) is 20.2 Å². The minimum absolute atomic E-state index is 0.0423. The molecule has 2 aliphatic rings. The molecule has 0 saturated carbocycles. The summed E-state index contributed by atoms with van der Waals surface area (Å²) in [5, 5.41) is 18.4. The first-order valence-electron chi connectivity index (χ1n) is 14.1. The van der Waals surface area contributed by atoms with E-state index in [1.54, 1.807) is 27.0 Å². The summed E-state index contributed by atoms with van der Waals surface area (Å²) in [5.74, 6) is 1.62. The van der Waals surface area contributed by atoms with Crippen molar-refractivity contribution in [1.29, 1.82) is 0 Å². The van der Waals surface area contributed by atoms with Crippen molar-refractivity contribution < 1.29 is 27.6 Å². The maximum Gasteiger partial charge on any atom is 0.416 e. The highest BCUT2D eigenvalue weighted by atomic mass is 19.4. The van der Waals surface area contributed by atoms with Crippen molar-refractivity contribution in [2.24, 2.45) is 5.92 Å². The monoisotopic (exact) mass is 598 g/mol. The van der Waals surface area contributed by atoms with Crippen molar-refractivity contribution >= 4 is 33.9 Å². The maximum absolute atomic E-state index is 13.5. The van der Waals surface area contributed by atoms with E-state index in [9.17, 15) is 28.1 Å². The van der Waals surface area contributed by atoms with Gasteiger partial charge in [-0.15, -0.1) is 0 Å². The van der Waals surface area contributed by atoms with E-state index in [0.717, 1.165) is 49.2 Å². The number of fused-ring (bicyclic) bond motifs is 1. The van der Waals surface area contributed by atoms with Gasteiger partial charge in [0.2, 0.25) is 5.91 Å². The van der Waals surface area contributed by atoms with Crippen molar-refractivity contribution in [2.75, 3.05) is 38.6 Å². The number of benzene rings is 2. The molecule has 43 heavy (non-hydrogen) atoms. The molecule has 1 fully saturated rings. The van der Waals surface area contributed by atoms with Gasteiger partial charge < -0.3 is 20.3 Å². The molecule has 0 radical (unpaired) electrons. The third-order valence-electron chi connectivity index (χ3n) is 8.02. The number of methoxy groups -OCH3 is 1. The fourth-order valence-corrected chi connectivity index (χ4v) is 5.69. The lowest BCUT2D eigenvalue weighted by atomic mass is 9.93. The SMILES string of the molecule is COc1cc2nc(C)nc(N[C@H](C)c3cc([N+](=O)[O-])cc(C(F)(F)F)c3)c2cc1C1=CCN(C(=O)C2CCNCC2)CC1. The van der Waals surface area contributed by atoms with Crippen LogP contribution in [0.5, 0.6) is 5.75 Å². The van der Waals surface area contributed by atoms with Crippen LogP contribution in [0.2, 0.25) is 0 Å². The number of non-ortho nitro benzene ring substituents is 1. The van der Waals surface area contributed by atoms with Crippen LogP contribution >= 0.6 is 0 Å². The number of carbonyl (C=O) groups is 1. The molecule has 2 aliphatic heterocycles. The molecule has 228 valence electrons. The van der Waals surface area contributed by atoms with Gasteiger partial charge in [0.05, 0.1) is 29.2 Å². The summed E-state index contributed by atoms with van der Waals surface area (Å²) in [4.78, 5) is 34.5. The van der Waals surface area contributed by atoms with Crippen LogP contribution in [0.4, 0.5) is 24.7 Å². The van der Waals surface area contributed by atoms with Crippen molar-refractivity contribution in [3.05, 3.63) is 69.0 Å². The van der Waals surface area contributed by atoms with E-state index in [2.05, 4.69) is 20.6 Å². The Kier molecular flexibility index (Phi) is 8.54. The Bertz CT molecular complexity index is 1590. The van der Waals surface area contributed by atoms with Gasteiger partial charge in [0.25, 0.3) is 5.69 Å². The summed E-state index contributed by atoms with van der Waals surface area (Å²) in [6, 6.07) is 5.47. The van der Waals surface area contributed by atoms with Crippen LogP contribution in [0.3, 0.4) is 0 Å². The van der Waals surface area contributed by atoms with Crippen LogP contribution in [-0.2, 0) is 11.0 Å². The molecule has 1 atom stereocenters. The fourth-order valence-electron chi connectivity index (χ4n) is 5.69. The van der Waals surface area contributed by atoms with Crippen molar-refractivity contribution in [3.63, 3.8) is 0 Å². The van der Waals surface area contributed by atoms with Crippen LogP contribution in [0.1, 0.15) is 54.7 Å². The minimum atomic E-state index is -4.74. The van der Waals surface area contributed by atoms with Gasteiger partial charge in [0, 0.05) is 48.2 Å². The van der Waals surface area contributed by atoms with Gasteiger partial charge in [-0.3, -0.25) is 14.9 Å². The lowest BCUT2D eigenvalue weighted by Gasteiger charge is -2.32. The normalized spacial score (nSPS) is 17.0. The first-order chi connectivity index (χ1) is 20.4. The summed E-state index contributed by atoms with van der Waals surface area (Å²) in [7, 11) is 1.57. The highest BCUT2D eigenvalue weighted by molar-refractivity contribution is 5.94. The van der Waals surface area contributed by atoms with Gasteiger partial charge in [-0.25, -0.2) is 9.97 Å². The second-order valence-electron chi connectivity index (χ2n) is 10.9. The van der Waals surface area contributed by atoms with Crippen molar-refractivity contribution in [2.45, 2.75) is 45.3 Å². The third kappa shape index (κ3) is 6.56. The summed E-state index contributed by atoms with van der Waals surface area (Å²) in [5.41, 5.74) is 0.720. The Morgan fingerprint density at radius 1 is 1.19 bits per heavy atom. The lowest BCUT2D eigenvalue weighted by Crippen LogP contribution is -2.42. The van der Waals surface area contributed by atoms with Gasteiger partial charge in [-0.1, -0.05) is 6.08 Å². The fraction of sp³-hybridized carbons (Fsp3) is 0.433. The number of piperidine rings is 1. The number of anilines is 1. The molecule has 3 heterocycles. The van der Waals surface area contributed by atoms with Gasteiger partial charge in [0.1, 0.15) is 17.4 Å². The zero-order valence-corrected chi connectivity index (χ0v) is 24.1. The number of aryl methyl sites for hydroxylation is 1. The number of aromatic nitrogens is 2. The van der Waals surface area contributed by atoms with E-state index in [1.807, 2.05) is 17.0 Å². The van der Waals surface area contributed by atoms with Crippen LogP contribution in [0.25, 0.3) is 16.5 Å². The second kappa shape index (κ2) is 12.2. The number of nitro benzene ring substituents is 1. The molecule has 0 unspecified atom stereocenters. The third-order valence-corrected chi connectivity index (χ3v) is 8.02. The Labute approximate surface area is 246 Å². The lowest BCUT2D eigenvalue weighted by molar-refractivity contribution is -0.385. The molecule has 2 aromatic carbocycles. The number of carbonyl (C=O) groups excluding carboxylic acids is 1. The minimum Gasteiger partial charge on any atom is -0.496 e. The number of nitrogens with one attached hydrogen (secondary N) is 2. The maximum atomic E-state index is 13.5.